The van der Waals surface area contributed by atoms with Gasteiger partial charge in [-0.15, -0.1) is 0 Å². The summed E-state index contributed by atoms with van der Waals surface area (Å²) in [6, 6.07) is 18.8. The minimum Gasteiger partial charge on any atom is -0.385 e. The molecule has 5 nitrogen and oxygen atoms in total. The van der Waals surface area contributed by atoms with Crippen LogP contribution in [-0.4, -0.2) is 20.8 Å². The van der Waals surface area contributed by atoms with Crippen molar-refractivity contribution in [3.05, 3.63) is 78.6 Å². The van der Waals surface area contributed by atoms with E-state index in [0.717, 1.165) is 5.69 Å². The zero-order chi connectivity index (χ0) is 17.0. The second-order valence-electron chi connectivity index (χ2n) is 5.87. The van der Waals surface area contributed by atoms with Crippen LogP contribution in [0, 0.1) is 0 Å². The first-order chi connectivity index (χ1) is 11.5. The molecule has 0 fully saturated rings. The van der Waals surface area contributed by atoms with Crippen molar-refractivity contribution in [2.45, 2.75) is 18.9 Å². The zero-order valence-corrected chi connectivity index (χ0v) is 13.4. The van der Waals surface area contributed by atoms with E-state index in [4.69, 9.17) is 0 Å². The van der Waals surface area contributed by atoms with E-state index in [0.29, 0.717) is 11.3 Å². The number of carbonyl (C=O) groups excluding carboxylic acids is 1. The van der Waals surface area contributed by atoms with Gasteiger partial charge in [-0.1, -0.05) is 48.5 Å². The van der Waals surface area contributed by atoms with Crippen molar-refractivity contribution >= 4 is 11.6 Å². The number of hydrogen-bond donors (Lipinski definition) is 2. The first kappa shape index (κ1) is 16.0. The summed E-state index contributed by atoms with van der Waals surface area (Å²) in [7, 11) is 0. The van der Waals surface area contributed by atoms with E-state index in [-0.39, 0.29) is 12.3 Å². The number of aliphatic hydroxyl groups is 1. The van der Waals surface area contributed by atoms with E-state index in [1.165, 1.54) is 0 Å². The van der Waals surface area contributed by atoms with E-state index in [9.17, 15) is 9.90 Å². The Bertz CT molecular complexity index is 811. The lowest BCUT2D eigenvalue weighted by molar-refractivity contribution is -0.120. The van der Waals surface area contributed by atoms with Gasteiger partial charge in [0.05, 0.1) is 35.8 Å². The molecule has 0 bridgehead atoms. The quantitative estimate of drug-likeness (QED) is 0.759. The van der Waals surface area contributed by atoms with E-state index in [1.807, 2.05) is 48.5 Å². The number of para-hydroxylation sites is 1. The molecule has 3 aromatic rings. The Kier molecular flexibility index (Phi) is 4.44. The molecule has 1 atom stereocenters. The normalized spacial score (nSPS) is 13.2. The largest absolute Gasteiger partial charge is 0.385 e. The van der Waals surface area contributed by atoms with Crippen molar-refractivity contribution in [3.8, 4) is 5.69 Å². The number of anilines is 1. The molecule has 0 aliphatic heterocycles. The van der Waals surface area contributed by atoms with Crippen LogP contribution < -0.4 is 5.32 Å². The van der Waals surface area contributed by atoms with Crippen LogP contribution in [0.2, 0.25) is 0 Å². The Balaban J connectivity index is 1.66. The van der Waals surface area contributed by atoms with E-state index < -0.39 is 5.60 Å². The molecule has 3 rings (SSSR count). The lowest BCUT2D eigenvalue weighted by atomic mass is 9.92. The number of amides is 1. The van der Waals surface area contributed by atoms with Gasteiger partial charge in [-0.25, -0.2) is 4.68 Å². The summed E-state index contributed by atoms with van der Waals surface area (Å²) < 4.78 is 1.69. The van der Waals surface area contributed by atoms with Crippen LogP contribution in [0.15, 0.2) is 73.1 Å². The van der Waals surface area contributed by atoms with Crippen LogP contribution >= 0.6 is 0 Å². The molecular weight excluding hydrogens is 302 g/mol. The first-order valence-corrected chi connectivity index (χ1v) is 7.72. The predicted molar refractivity (Wildman–Crippen MR) is 92.8 cm³/mol. The van der Waals surface area contributed by atoms with Crippen LogP contribution in [0.25, 0.3) is 5.69 Å². The monoisotopic (exact) mass is 321 g/mol. The Hall–Kier alpha value is -2.92. The van der Waals surface area contributed by atoms with Gasteiger partial charge in [0, 0.05) is 0 Å². The molecule has 24 heavy (non-hydrogen) atoms. The highest BCUT2D eigenvalue weighted by Crippen LogP contribution is 2.24. The van der Waals surface area contributed by atoms with Crippen LogP contribution in [0.3, 0.4) is 0 Å². The molecule has 0 saturated heterocycles. The highest BCUT2D eigenvalue weighted by Gasteiger charge is 2.26. The van der Waals surface area contributed by atoms with Crippen LogP contribution in [0.1, 0.15) is 18.9 Å². The molecular formula is C19H19N3O2. The first-order valence-electron chi connectivity index (χ1n) is 7.72. The molecule has 1 unspecified atom stereocenters. The predicted octanol–water partition coefficient (Wildman–Crippen LogP) is 3.11. The summed E-state index contributed by atoms with van der Waals surface area (Å²) in [5.74, 6) is -0.267. The maximum Gasteiger partial charge on any atom is 0.227 e. The van der Waals surface area contributed by atoms with Gasteiger partial charge in [-0.3, -0.25) is 4.79 Å². The van der Waals surface area contributed by atoms with Crippen molar-refractivity contribution < 1.29 is 9.90 Å². The number of rotatable bonds is 5. The van der Waals surface area contributed by atoms with Crippen LogP contribution in [0.4, 0.5) is 5.69 Å². The highest BCUT2D eigenvalue weighted by molar-refractivity contribution is 5.91. The van der Waals surface area contributed by atoms with Crippen molar-refractivity contribution in [2.75, 3.05) is 5.32 Å². The topological polar surface area (TPSA) is 67.2 Å². The lowest BCUT2D eigenvalue weighted by Gasteiger charge is -2.23. The minimum atomic E-state index is -1.22. The van der Waals surface area contributed by atoms with E-state index in [1.54, 1.807) is 36.1 Å². The Labute approximate surface area is 140 Å². The third-order valence-electron chi connectivity index (χ3n) is 3.79. The fraction of sp³-hybridized carbons (Fsp3) is 0.158. The molecule has 1 heterocycles. The summed E-state index contributed by atoms with van der Waals surface area (Å²) in [6.07, 6.45) is 3.29. The van der Waals surface area contributed by atoms with Gasteiger partial charge in [-0.2, -0.15) is 5.10 Å². The highest BCUT2D eigenvalue weighted by atomic mass is 16.3. The standard InChI is InChI=1S/C19H19N3O2/c1-19(24,15-8-4-2-5-9-15)12-18(23)21-16-13-20-22(14-16)17-10-6-3-7-11-17/h2-11,13-14,24H,12H2,1H3,(H,21,23). The second-order valence-corrected chi connectivity index (χ2v) is 5.87. The smallest absolute Gasteiger partial charge is 0.227 e. The maximum atomic E-state index is 12.2. The van der Waals surface area contributed by atoms with Gasteiger partial charge >= 0.3 is 0 Å². The molecule has 1 amide bonds. The Morgan fingerprint density at radius 3 is 2.42 bits per heavy atom. The van der Waals surface area contributed by atoms with Gasteiger partial charge < -0.3 is 10.4 Å². The summed E-state index contributed by atoms with van der Waals surface area (Å²) in [5, 5.41) is 17.5. The summed E-state index contributed by atoms with van der Waals surface area (Å²) in [6.45, 7) is 1.63. The van der Waals surface area contributed by atoms with Gasteiger partial charge in [0.25, 0.3) is 0 Å². The van der Waals surface area contributed by atoms with Gasteiger partial charge in [0.1, 0.15) is 0 Å². The number of carbonyl (C=O) groups is 1. The molecule has 0 spiro atoms. The number of nitrogens with zero attached hydrogens (tertiary/aromatic N) is 2. The molecule has 2 aromatic carbocycles. The Morgan fingerprint density at radius 1 is 1.12 bits per heavy atom. The van der Waals surface area contributed by atoms with Crippen molar-refractivity contribution in [2.24, 2.45) is 0 Å². The molecule has 1 aromatic heterocycles. The van der Waals surface area contributed by atoms with Gasteiger partial charge in [0.2, 0.25) is 5.91 Å². The molecule has 0 radical (unpaired) electrons. The number of nitrogens with one attached hydrogen (secondary N) is 1. The number of aromatic nitrogens is 2. The average molecular weight is 321 g/mol. The van der Waals surface area contributed by atoms with Crippen LogP contribution in [-0.2, 0) is 10.4 Å². The minimum absolute atomic E-state index is 0.0342. The van der Waals surface area contributed by atoms with E-state index >= 15 is 0 Å². The molecule has 0 saturated carbocycles. The number of benzene rings is 2. The third kappa shape index (κ3) is 3.70. The van der Waals surface area contributed by atoms with Gasteiger partial charge in [0.15, 0.2) is 0 Å². The van der Waals surface area contributed by atoms with Crippen molar-refractivity contribution in [3.63, 3.8) is 0 Å². The molecule has 2 N–H and O–H groups in total. The fourth-order valence-electron chi connectivity index (χ4n) is 2.53. The Morgan fingerprint density at radius 2 is 1.75 bits per heavy atom. The number of hydrogen-bond acceptors (Lipinski definition) is 3. The van der Waals surface area contributed by atoms with E-state index in [2.05, 4.69) is 10.4 Å². The summed E-state index contributed by atoms with van der Waals surface area (Å²) in [5.41, 5.74) is 0.989. The summed E-state index contributed by atoms with van der Waals surface area (Å²) >= 11 is 0. The van der Waals surface area contributed by atoms with Crippen LogP contribution in [0.5, 0.6) is 0 Å². The fourth-order valence-corrected chi connectivity index (χ4v) is 2.53. The van der Waals surface area contributed by atoms with Crippen molar-refractivity contribution in [1.29, 1.82) is 0 Å². The molecule has 122 valence electrons. The average Bonchev–Trinajstić information content (AvgIpc) is 3.04. The molecule has 0 aliphatic carbocycles. The maximum absolute atomic E-state index is 12.2. The third-order valence-corrected chi connectivity index (χ3v) is 3.79. The SMILES string of the molecule is CC(O)(CC(=O)Nc1cnn(-c2ccccc2)c1)c1ccccc1. The summed E-state index contributed by atoms with van der Waals surface area (Å²) in [4.78, 5) is 12.2. The zero-order valence-electron chi connectivity index (χ0n) is 13.4. The molecule has 0 aliphatic rings. The van der Waals surface area contributed by atoms with Crippen molar-refractivity contribution in [1.82, 2.24) is 9.78 Å². The lowest BCUT2D eigenvalue weighted by Crippen LogP contribution is -2.28. The second kappa shape index (κ2) is 6.68. The molecule has 5 heteroatoms. The van der Waals surface area contributed by atoms with Gasteiger partial charge in [-0.05, 0) is 24.6 Å².